The topological polar surface area (TPSA) is 49.3 Å². The second-order valence-corrected chi connectivity index (χ2v) is 4.70. The quantitative estimate of drug-likeness (QED) is 0.895. The third-order valence-electron chi connectivity index (χ3n) is 2.91. The van der Waals surface area contributed by atoms with Gasteiger partial charge in [-0.3, -0.25) is 4.79 Å². The molecule has 0 heterocycles. The second-order valence-electron chi connectivity index (χ2n) is 4.29. The molecule has 0 fully saturated rings. The van der Waals surface area contributed by atoms with E-state index < -0.39 is 0 Å². The van der Waals surface area contributed by atoms with Crippen LogP contribution in [0.4, 0.5) is 5.69 Å². The Labute approximate surface area is 116 Å². The third kappa shape index (κ3) is 3.26. The van der Waals surface area contributed by atoms with Gasteiger partial charge in [-0.15, -0.1) is 0 Å². The highest BCUT2D eigenvalue weighted by atomic mass is 35.5. The van der Waals surface area contributed by atoms with Crippen molar-refractivity contribution in [3.8, 4) is 5.75 Å². The molecule has 2 aromatic rings. The van der Waals surface area contributed by atoms with Crippen molar-refractivity contribution in [3.05, 3.63) is 59.1 Å². The zero-order valence-corrected chi connectivity index (χ0v) is 11.2. The van der Waals surface area contributed by atoms with Gasteiger partial charge in [0.1, 0.15) is 5.75 Å². The predicted molar refractivity (Wildman–Crippen MR) is 76.6 cm³/mol. The smallest absolute Gasteiger partial charge is 0.231 e. The molecular formula is C15H14ClNO2. The lowest BCUT2D eigenvalue weighted by molar-refractivity contribution is -0.117. The lowest BCUT2D eigenvalue weighted by Gasteiger charge is -2.12. The van der Waals surface area contributed by atoms with Gasteiger partial charge >= 0.3 is 0 Å². The van der Waals surface area contributed by atoms with E-state index in [0.29, 0.717) is 5.69 Å². The highest BCUT2D eigenvalue weighted by Crippen LogP contribution is 2.27. The van der Waals surface area contributed by atoms with Crippen LogP contribution in [0, 0.1) is 0 Å². The number of carbonyl (C=O) groups excluding carboxylic acids is 1. The summed E-state index contributed by atoms with van der Waals surface area (Å²) in [6.07, 6.45) is 0. The van der Waals surface area contributed by atoms with E-state index in [4.69, 9.17) is 11.6 Å². The molecule has 0 aliphatic rings. The lowest BCUT2D eigenvalue weighted by Crippen LogP contribution is -2.18. The Morgan fingerprint density at radius 2 is 1.89 bits per heavy atom. The molecule has 4 heteroatoms. The first kappa shape index (κ1) is 13.4. The van der Waals surface area contributed by atoms with E-state index in [1.165, 1.54) is 6.07 Å². The number of aromatic hydroxyl groups is 1. The van der Waals surface area contributed by atoms with Gasteiger partial charge in [0.15, 0.2) is 0 Å². The van der Waals surface area contributed by atoms with E-state index in [-0.39, 0.29) is 22.6 Å². The van der Waals surface area contributed by atoms with Crippen LogP contribution in [0.3, 0.4) is 0 Å². The SMILES string of the molecule is CC(C(=O)Nc1ccc(Cl)c(O)c1)c1ccccc1. The van der Waals surface area contributed by atoms with Gasteiger partial charge in [0, 0.05) is 11.8 Å². The van der Waals surface area contributed by atoms with Crippen molar-refractivity contribution in [2.45, 2.75) is 12.8 Å². The number of rotatable bonds is 3. The Balaban J connectivity index is 2.10. The number of hydrogen-bond acceptors (Lipinski definition) is 2. The molecule has 0 aromatic heterocycles. The van der Waals surface area contributed by atoms with Crippen molar-refractivity contribution in [1.82, 2.24) is 0 Å². The maximum absolute atomic E-state index is 12.1. The van der Waals surface area contributed by atoms with Crippen LogP contribution in [0.1, 0.15) is 18.4 Å². The van der Waals surface area contributed by atoms with Gasteiger partial charge in [-0.05, 0) is 24.6 Å². The molecule has 0 aliphatic carbocycles. The fourth-order valence-corrected chi connectivity index (χ4v) is 1.85. The van der Waals surface area contributed by atoms with E-state index in [9.17, 15) is 9.90 Å². The first-order chi connectivity index (χ1) is 9.08. The normalized spacial score (nSPS) is 11.9. The van der Waals surface area contributed by atoms with Crippen LogP contribution in [0.15, 0.2) is 48.5 Å². The Hall–Kier alpha value is -2.00. The van der Waals surface area contributed by atoms with Crippen molar-refractivity contribution in [2.24, 2.45) is 0 Å². The van der Waals surface area contributed by atoms with E-state index in [0.717, 1.165) is 5.56 Å². The van der Waals surface area contributed by atoms with Crippen molar-refractivity contribution < 1.29 is 9.90 Å². The molecule has 2 N–H and O–H groups in total. The summed E-state index contributed by atoms with van der Waals surface area (Å²) in [6.45, 7) is 1.83. The zero-order chi connectivity index (χ0) is 13.8. The predicted octanol–water partition coefficient (Wildman–Crippen LogP) is 3.79. The fraction of sp³-hybridized carbons (Fsp3) is 0.133. The Bertz CT molecular complexity index is 584. The van der Waals surface area contributed by atoms with Crippen molar-refractivity contribution in [2.75, 3.05) is 5.32 Å². The number of anilines is 1. The van der Waals surface area contributed by atoms with E-state index in [1.807, 2.05) is 37.3 Å². The minimum atomic E-state index is -0.265. The van der Waals surface area contributed by atoms with E-state index in [2.05, 4.69) is 5.32 Å². The minimum absolute atomic E-state index is 0.0492. The maximum Gasteiger partial charge on any atom is 0.231 e. The highest BCUT2D eigenvalue weighted by molar-refractivity contribution is 6.32. The first-order valence-electron chi connectivity index (χ1n) is 5.92. The number of phenols is 1. The summed E-state index contributed by atoms with van der Waals surface area (Å²) in [5, 5.41) is 12.5. The molecule has 98 valence electrons. The molecule has 0 saturated heterocycles. The summed E-state index contributed by atoms with van der Waals surface area (Å²) >= 11 is 5.71. The van der Waals surface area contributed by atoms with Crippen LogP contribution in [-0.2, 0) is 4.79 Å². The Kier molecular flexibility index (Phi) is 4.07. The number of benzene rings is 2. The number of nitrogens with one attached hydrogen (secondary N) is 1. The number of halogens is 1. The summed E-state index contributed by atoms with van der Waals surface area (Å²) in [5.74, 6) is -0.446. The highest BCUT2D eigenvalue weighted by Gasteiger charge is 2.15. The number of phenolic OH excluding ortho intramolecular Hbond substituents is 1. The van der Waals surface area contributed by atoms with Gasteiger partial charge in [-0.2, -0.15) is 0 Å². The van der Waals surface area contributed by atoms with Crippen molar-refractivity contribution in [3.63, 3.8) is 0 Å². The minimum Gasteiger partial charge on any atom is -0.506 e. The van der Waals surface area contributed by atoms with Crippen LogP contribution in [0.25, 0.3) is 0 Å². The molecule has 2 aromatic carbocycles. The van der Waals surface area contributed by atoms with E-state index in [1.54, 1.807) is 12.1 Å². The molecule has 1 unspecified atom stereocenters. The summed E-state index contributed by atoms with van der Waals surface area (Å²) in [6, 6.07) is 14.1. The van der Waals surface area contributed by atoms with E-state index >= 15 is 0 Å². The van der Waals surface area contributed by atoms with Crippen LogP contribution in [0.5, 0.6) is 5.75 Å². The molecule has 0 bridgehead atoms. The molecule has 3 nitrogen and oxygen atoms in total. The van der Waals surface area contributed by atoms with Gasteiger partial charge in [0.25, 0.3) is 0 Å². The molecule has 2 rings (SSSR count). The molecule has 1 amide bonds. The summed E-state index contributed by atoms with van der Waals surface area (Å²) in [4.78, 5) is 12.1. The van der Waals surface area contributed by atoms with Gasteiger partial charge in [0.05, 0.1) is 10.9 Å². The molecular weight excluding hydrogens is 262 g/mol. The maximum atomic E-state index is 12.1. The van der Waals surface area contributed by atoms with Gasteiger partial charge in [-0.1, -0.05) is 41.9 Å². The Morgan fingerprint density at radius 1 is 1.21 bits per heavy atom. The number of amides is 1. The molecule has 19 heavy (non-hydrogen) atoms. The van der Waals surface area contributed by atoms with Crippen LogP contribution >= 0.6 is 11.6 Å². The second kappa shape index (κ2) is 5.76. The van der Waals surface area contributed by atoms with Crippen molar-refractivity contribution >= 4 is 23.2 Å². The zero-order valence-electron chi connectivity index (χ0n) is 10.4. The van der Waals surface area contributed by atoms with Crippen LogP contribution in [-0.4, -0.2) is 11.0 Å². The third-order valence-corrected chi connectivity index (χ3v) is 3.23. The molecule has 0 spiro atoms. The number of hydrogen-bond donors (Lipinski definition) is 2. The van der Waals surface area contributed by atoms with Crippen LogP contribution < -0.4 is 5.32 Å². The van der Waals surface area contributed by atoms with Gasteiger partial charge in [-0.25, -0.2) is 0 Å². The molecule has 0 aliphatic heterocycles. The van der Waals surface area contributed by atoms with Gasteiger partial charge < -0.3 is 10.4 Å². The largest absolute Gasteiger partial charge is 0.506 e. The lowest BCUT2D eigenvalue weighted by atomic mass is 10.0. The van der Waals surface area contributed by atoms with Gasteiger partial charge in [0.2, 0.25) is 5.91 Å². The molecule has 1 atom stereocenters. The number of carbonyl (C=O) groups is 1. The van der Waals surface area contributed by atoms with Crippen molar-refractivity contribution in [1.29, 1.82) is 0 Å². The van der Waals surface area contributed by atoms with Crippen LogP contribution in [0.2, 0.25) is 5.02 Å². The average Bonchev–Trinajstić information content (AvgIpc) is 2.43. The Morgan fingerprint density at radius 3 is 2.53 bits per heavy atom. The monoisotopic (exact) mass is 275 g/mol. The standard InChI is InChI=1S/C15H14ClNO2/c1-10(11-5-3-2-4-6-11)15(19)17-12-7-8-13(16)14(18)9-12/h2-10,18H,1H3,(H,17,19). The summed E-state index contributed by atoms with van der Waals surface area (Å²) in [5.41, 5.74) is 1.47. The average molecular weight is 276 g/mol. The molecule has 0 radical (unpaired) electrons. The fourth-order valence-electron chi connectivity index (χ4n) is 1.73. The summed E-state index contributed by atoms with van der Waals surface area (Å²) in [7, 11) is 0. The summed E-state index contributed by atoms with van der Waals surface area (Å²) < 4.78 is 0. The molecule has 0 saturated carbocycles. The first-order valence-corrected chi connectivity index (χ1v) is 6.30.